The average Bonchev–Trinajstić information content (AvgIpc) is 2.49. The zero-order chi connectivity index (χ0) is 15.8. The Morgan fingerprint density at radius 1 is 1.19 bits per heavy atom. The number of primary amides is 1. The number of nitrogens with zero attached hydrogens (tertiary/aromatic N) is 1. The van der Waals surface area contributed by atoms with Gasteiger partial charge in [-0.25, -0.2) is 10.2 Å². The summed E-state index contributed by atoms with van der Waals surface area (Å²) in [5, 5.41) is 3.78. The van der Waals surface area contributed by atoms with Crippen molar-refractivity contribution in [2.75, 3.05) is 21.3 Å². The fraction of sp³-hybridized carbons (Fsp3) is 0.286. The van der Waals surface area contributed by atoms with E-state index in [1.54, 1.807) is 52.5 Å². The first-order valence-corrected chi connectivity index (χ1v) is 6.09. The molecule has 1 aromatic rings. The highest BCUT2D eigenvalue weighted by Gasteiger charge is 2.11. The van der Waals surface area contributed by atoms with E-state index in [2.05, 4.69) is 10.5 Å². The van der Waals surface area contributed by atoms with Gasteiger partial charge in [-0.05, 0) is 30.7 Å². The van der Waals surface area contributed by atoms with E-state index in [1.165, 1.54) is 0 Å². The van der Waals surface area contributed by atoms with Gasteiger partial charge < -0.3 is 19.9 Å². The SMILES string of the molecule is COc1cc(C=CC(C)=NNC(N)=O)cc(OC)c1OC. The van der Waals surface area contributed by atoms with Crippen LogP contribution in [-0.4, -0.2) is 33.1 Å². The summed E-state index contributed by atoms with van der Waals surface area (Å²) in [6, 6.07) is 2.88. The van der Waals surface area contributed by atoms with Crippen LogP contribution in [0.2, 0.25) is 0 Å². The molecule has 0 aliphatic carbocycles. The van der Waals surface area contributed by atoms with E-state index in [0.29, 0.717) is 23.0 Å². The van der Waals surface area contributed by atoms with Crippen LogP contribution in [0.25, 0.3) is 6.08 Å². The molecule has 7 heteroatoms. The average molecular weight is 293 g/mol. The molecule has 1 rings (SSSR count). The highest BCUT2D eigenvalue weighted by Crippen LogP contribution is 2.38. The van der Waals surface area contributed by atoms with Crippen molar-refractivity contribution in [2.45, 2.75) is 6.92 Å². The second-order valence-corrected chi connectivity index (χ2v) is 4.02. The maximum atomic E-state index is 10.5. The number of nitrogens with one attached hydrogen (secondary N) is 1. The molecule has 3 N–H and O–H groups in total. The van der Waals surface area contributed by atoms with Crippen LogP contribution in [0.4, 0.5) is 4.79 Å². The van der Waals surface area contributed by atoms with Crippen molar-refractivity contribution in [1.82, 2.24) is 5.43 Å². The Morgan fingerprint density at radius 2 is 1.76 bits per heavy atom. The van der Waals surface area contributed by atoms with Gasteiger partial charge in [0.1, 0.15) is 0 Å². The van der Waals surface area contributed by atoms with Crippen molar-refractivity contribution in [3.05, 3.63) is 23.8 Å². The molecule has 0 saturated heterocycles. The molecule has 0 aliphatic rings. The summed E-state index contributed by atoms with van der Waals surface area (Å²) in [6.45, 7) is 1.73. The summed E-state index contributed by atoms with van der Waals surface area (Å²) < 4.78 is 15.8. The standard InChI is InChI=1S/C14H19N3O4/c1-9(16-17-14(15)18)5-6-10-7-11(19-2)13(21-4)12(8-10)20-3/h5-8H,1-4H3,(H3,15,17,18). The maximum absolute atomic E-state index is 10.5. The van der Waals surface area contributed by atoms with Crippen molar-refractivity contribution < 1.29 is 19.0 Å². The Hall–Kier alpha value is -2.70. The number of ether oxygens (including phenoxy) is 3. The Kier molecular flexibility index (Phi) is 6.06. The Morgan fingerprint density at radius 3 is 2.19 bits per heavy atom. The van der Waals surface area contributed by atoms with E-state index < -0.39 is 6.03 Å². The van der Waals surface area contributed by atoms with Gasteiger partial charge in [-0.2, -0.15) is 5.10 Å². The van der Waals surface area contributed by atoms with Crippen LogP contribution in [0.1, 0.15) is 12.5 Å². The molecule has 2 amide bonds. The molecule has 0 aliphatic heterocycles. The van der Waals surface area contributed by atoms with Crippen LogP contribution in [0.5, 0.6) is 17.2 Å². The summed E-state index contributed by atoms with van der Waals surface area (Å²) in [6.07, 6.45) is 3.52. The van der Waals surface area contributed by atoms with Crippen molar-refractivity contribution in [1.29, 1.82) is 0 Å². The molecular formula is C14H19N3O4. The van der Waals surface area contributed by atoms with E-state index in [-0.39, 0.29) is 0 Å². The number of methoxy groups -OCH3 is 3. The van der Waals surface area contributed by atoms with Gasteiger partial charge in [-0.1, -0.05) is 6.08 Å². The van der Waals surface area contributed by atoms with E-state index in [1.807, 2.05) is 0 Å². The molecule has 0 aromatic heterocycles. The largest absolute Gasteiger partial charge is 0.493 e. The second kappa shape index (κ2) is 7.78. The summed E-state index contributed by atoms with van der Waals surface area (Å²) in [7, 11) is 4.64. The van der Waals surface area contributed by atoms with Gasteiger partial charge in [0.15, 0.2) is 11.5 Å². The van der Waals surface area contributed by atoms with E-state index in [0.717, 1.165) is 5.56 Å². The number of nitrogens with two attached hydrogens (primary N) is 1. The van der Waals surface area contributed by atoms with Gasteiger partial charge in [-0.15, -0.1) is 0 Å². The molecule has 0 bridgehead atoms. The van der Waals surface area contributed by atoms with Crippen LogP contribution in [-0.2, 0) is 0 Å². The molecule has 0 saturated carbocycles. The Bertz CT molecular complexity index is 542. The minimum absolute atomic E-state index is 0.526. The number of rotatable bonds is 6. The number of urea groups is 1. The maximum Gasteiger partial charge on any atom is 0.332 e. The predicted octanol–water partition coefficient (Wildman–Crippen LogP) is 1.77. The predicted molar refractivity (Wildman–Crippen MR) is 81.0 cm³/mol. The molecule has 1 aromatic carbocycles. The van der Waals surface area contributed by atoms with Gasteiger partial charge in [0.2, 0.25) is 5.75 Å². The molecule has 114 valence electrons. The van der Waals surface area contributed by atoms with E-state index >= 15 is 0 Å². The fourth-order valence-electron chi connectivity index (χ4n) is 1.59. The first-order valence-electron chi connectivity index (χ1n) is 6.09. The molecule has 0 fully saturated rings. The number of hydrogen-bond donors (Lipinski definition) is 2. The molecular weight excluding hydrogens is 274 g/mol. The van der Waals surface area contributed by atoms with Gasteiger partial charge in [-0.3, -0.25) is 0 Å². The molecule has 7 nitrogen and oxygen atoms in total. The van der Waals surface area contributed by atoms with Crippen LogP contribution >= 0.6 is 0 Å². The van der Waals surface area contributed by atoms with E-state index in [9.17, 15) is 4.79 Å². The molecule has 0 spiro atoms. The van der Waals surface area contributed by atoms with Gasteiger partial charge in [0, 0.05) is 0 Å². The number of amides is 2. The normalized spacial score (nSPS) is 11.3. The highest BCUT2D eigenvalue weighted by atomic mass is 16.5. The highest BCUT2D eigenvalue weighted by molar-refractivity contribution is 5.97. The quantitative estimate of drug-likeness (QED) is 0.617. The zero-order valence-corrected chi connectivity index (χ0v) is 12.5. The molecule has 21 heavy (non-hydrogen) atoms. The second-order valence-electron chi connectivity index (χ2n) is 4.02. The summed E-state index contributed by atoms with van der Waals surface area (Å²) in [5.74, 6) is 1.64. The van der Waals surface area contributed by atoms with Crippen molar-refractivity contribution >= 4 is 17.8 Å². The van der Waals surface area contributed by atoms with Crippen LogP contribution < -0.4 is 25.4 Å². The molecule has 0 unspecified atom stereocenters. The Balaban J connectivity index is 3.03. The minimum Gasteiger partial charge on any atom is -0.493 e. The lowest BCUT2D eigenvalue weighted by atomic mass is 10.1. The third kappa shape index (κ3) is 4.72. The summed E-state index contributed by atoms with van der Waals surface area (Å²) >= 11 is 0. The smallest absolute Gasteiger partial charge is 0.332 e. The van der Waals surface area contributed by atoms with Crippen molar-refractivity contribution in [2.24, 2.45) is 10.8 Å². The number of carbonyl (C=O) groups excluding carboxylic acids is 1. The van der Waals surface area contributed by atoms with Crippen molar-refractivity contribution in [3.8, 4) is 17.2 Å². The van der Waals surface area contributed by atoms with Crippen LogP contribution in [0, 0.1) is 0 Å². The number of hydrazone groups is 1. The third-order valence-electron chi connectivity index (χ3n) is 2.55. The van der Waals surface area contributed by atoms with Crippen LogP contribution in [0.3, 0.4) is 0 Å². The lowest BCUT2D eigenvalue weighted by Crippen LogP contribution is -2.25. The van der Waals surface area contributed by atoms with Crippen LogP contribution in [0.15, 0.2) is 23.3 Å². The first-order chi connectivity index (χ1) is 10.0. The van der Waals surface area contributed by atoms with Gasteiger partial charge in [0.25, 0.3) is 0 Å². The lowest BCUT2D eigenvalue weighted by Gasteiger charge is -2.12. The minimum atomic E-state index is -0.712. The number of allylic oxidation sites excluding steroid dienone is 1. The monoisotopic (exact) mass is 293 g/mol. The van der Waals surface area contributed by atoms with Gasteiger partial charge >= 0.3 is 6.03 Å². The molecule has 0 radical (unpaired) electrons. The lowest BCUT2D eigenvalue weighted by molar-refractivity contribution is 0.249. The summed E-state index contributed by atoms with van der Waals surface area (Å²) in [5.41, 5.74) is 8.50. The number of carbonyl (C=O) groups is 1. The number of hydrogen-bond acceptors (Lipinski definition) is 5. The Labute approximate surface area is 123 Å². The topological polar surface area (TPSA) is 95.2 Å². The fourth-order valence-corrected chi connectivity index (χ4v) is 1.59. The third-order valence-corrected chi connectivity index (χ3v) is 2.55. The summed E-state index contributed by atoms with van der Waals surface area (Å²) in [4.78, 5) is 10.5. The zero-order valence-electron chi connectivity index (χ0n) is 12.5. The van der Waals surface area contributed by atoms with Crippen molar-refractivity contribution in [3.63, 3.8) is 0 Å². The molecule has 0 heterocycles. The van der Waals surface area contributed by atoms with Gasteiger partial charge in [0.05, 0.1) is 27.0 Å². The number of benzene rings is 1. The molecule has 0 atom stereocenters. The van der Waals surface area contributed by atoms with E-state index in [4.69, 9.17) is 19.9 Å². The first kappa shape index (κ1) is 16.4.